The topological polar surface area (TPSA) is 65.4 Å². The van der Waals surface area contributed by atoms with Gasteiger partial charge in [-0.15, -0.1) is 0 Å². The van der Waals surface area contributed by atoms with E-state index >= 15 is 0 Å². The summed E-state index contributed by atoms with van der Waals surface area (Å²) >= 11 is 0. The van der Waals surface area contributed by atoms with Crippen molar-refractivity contribution in [1.29, 1.82) is 0 Å². The molecule has 0 spiro atoms. The zero-order chi connectivity index (χ0) is 18.9. The lowest BCUT2D eigenvalue weighted by Crippen LogP contribution is -2.13. The fraction of sp³-hybridized carbons (Fsp3) is 0.0556. The van der Waals surface area contributed by atoms with Crippen LogP contribution in [-0.4, -0.2) is 25.8 Å². The quantitative estimate of drug-likeness (QED) is 0.639. The second-order valence-electron chi connectivity index (χ2n) is 5.38. The average Bonchev–Trinajstić information content (AvgIpc) is 3.07. The van der Waals surface area contributed by atoms with Crippen LogP contribution in [0.1, 0.15) is 10.4 Å². The molecule has 0 fully saturated rings. The SMILES string of the molecule is COc1ccc(S(=O)(=O)n2cc(C=O)cc2-c2ccc(F)cc2F)cc1. The van der Waals surface area contributed by atoms with Gasteiger partial charge in [0.1, 0.15) is 17.4 Å². The third-order valence-corrected chi connectivity index (χ3v) is 5.45. The number of hydrogen-bond acceptors (Lipinski definition) is 4. The molecule has 0 unspecified atom stereocenters. The number of benzene rings is 2. The smallest absolute Gasteiger partial charge is 0.268 e. The molecular weight excluding hydrogens is 364 g/mol. The molecule has 0 aliphatic heterocycles. The molecule has 3 aromatic rings. The molecule has 1 aromatic heterocycles. The molecule has 3 rings (SSSR count). The molecule has 0 radical (unpaired) electrons. The third kappa shape index (κ3) is 3.11. The van der Waals surface area contributed by atoms with E-state index in [2.05, 4.69) is 0 Å². The van der Waals surface area contributed by atoms with Crippen LogP contribution >= 0.6 is 0 Å². The maximum atomic E-state index is 14.2. The van der Waals surface area contributed by atoms with Gasteiger partial charge in [0.2, 0.25) is 0 Å². The van der Waals surface area contributed by atoms with Gasteiger partial charge in [-0.3, -0.25) is 4.79 Å². The Balaban J connectivity index is 2.20. The van der Waals surface area contributed by atoms with Crippen LogP contribution < -0.4 is 4.74 Å². The Labute approximate surface area is 148 Å². The zero-order valence-corrected chi connectivity index (χ0v) is 14.3. The summed E-state index contributed by atoms with van der Waals surface area (Å²) in [6.07, 6.45) is 1.54. The molecule has 0 saturated heterocycles. The number of rotatable bonds is 5. The van der Waals surface area contributed by atoms with Gasteiger partial charge in [0, 0.05) is 23.4 Å². The summed E-state index contributed by atoms with van der Waals surface area (Å²) in [5.41, 5.74) is -0.183. The molecule has 0 saturated carbocycles. The first-order valence-electron chi connectivity index (χ1n) is 7.39. The molecule has 0 aliphatic rings. The number of aromatic nitrogens is 1. The summed E-state index contributed by atoms with van der Waals surface area (Å²) in [6.45, 7) is 0. The maximum Gasteiger partial charge on any atom is 0.268 e. The number of carbonyl (C=O) groups excluding carboxylic acids is 1. The molecule has 0 bridgehead atoms. The van der Waals surface area contributed by atoms with Crippen molar-refractivity contribution in [3.63, 3.8) is 0 Å². The lowest BCUT2D eigenvalue weighted by Gasteiger charge is -2.12. The highest BCUT2D eigenvalue weighted by molar-refractivity contribution is 7.90. The molecule has 26 heavy (non-hydrogen) atoms. The molecule has 1 heterocycles. The highest BCUT2D eigenvalue weighted by atomic mass is 32.2. The number of hydrogen-bond donors (Lipinski definition) is 0. The lowest BCUT2D eigenvalue weighted by molar-refractivity contribution is 0.112. The first-order chi connectivity index (χ1) is 12.4. The van der Waals surface area contributed by atoms with E-state index in [1.54, 1.807) is 0 Å². The Morgan fingerprint density at radius 1 is 1.04 bits per heavy atom. The van der Waals surface area contributed by atoms with Crippen LogP contribution in [-0.2, 0) is 10.0 Å². The molecule has 0 N–H and O–H groups in total. The van der Waals surface area contributed by atoms with Crippen LogP contribution in [0.15, 0.2) is 59.6 Å². The number of ether oxygens (including phenoxy) is 1. The van der Waals surface area contributed by atoms with Gasteiger partial charge in [-0.2, -0.15) is 0 Å². The number of halogens is 2. The fourth-order valence-electron chi connectivity index (χ4n) is 2.48. The average molecular weight is 377 g/mol. The highest BCUT2D eigenvalue weighted by Gasteiger charge is 2.23. The Morgan fingerprint density at radius 2 is 1.73 bits per heavy atom. The molecule has 2 aromatic carbocycles. The minimum Gasteiger partial charge on any atom is -0.497 e. The summed E-state index contributed by atoms with van der Waals surface area (Å²) in [6, 6.07) is 9.60. The van der Waals surface area contributed by atoms with Crippen molar-refractivity contribution in [2.24, 2.45) is 0 Å². The van der Waals surface area contributed by atoms with Gasteiger partial charge in [-0.05, 0) is 42.5 Å². The Bertz CT molecular complexity index is 1070. The van der Waals surface area contributed by atoms with Crippen LogP contribution in [0.2, 0.25) is 0 Å². The van der Waals surface area contributed by atoms with Crippen molar-refractivity contribution >= 4 is 16.3 Å². The van der Waals surface area contributed by atoms with Crippen LogP contribution in [0.5, 0.6) is 5.75 Å². The van der Waals surface area contributed by atoms with Gasteiger partial charge in [0.05, 0.1) is 17.7 Å². The zero-order valence-electron chi connectivity index (χ0n) is 13.5. The normalized spacial score (nSPS) is 11.3. The number of aldehydes is 1. The van der Waals surface area contributed by atoms with Crippen LogP contribution in [0.4, 0.5) is 8.78 Å². The first-order valence-corrected chi connectivity index (χ1v) is 8.83. The van der Waals surface area contributed by atoms with Gasteiger partial charge in [-0.25, -0.2) is 21.2 Å². The fourth-order valence-corrected chi connectivity index (χ4v) is 3.86. The van der Waals surface area contributed by atoms with E-state index in [0.29, 0.717) is 18.1 Å². The summed E-state index contributed by atoms with van der Waals surface area (Å²) in [7, 11) is -2.67. The summed E-state index contributed by atoms with van der Waals surface area (Å²) in [4.78, 5) is 11.0. The van der Waals surface area contributed by atoms with E-state index in [1.165, 1.54) is 37.4 Å². The van der Waals surface area contributed by atoms with Gasteiger partial charge in [-0.1, -0.05) is 0 Å². The standard InChI is InChI=1S/C18H13F2NO4S/c1-25-14-3-5-15(6-4-14)26(23,24)21-10-12(11-22)8-18(21)16-7-2-13(19)9-17(16)20/h2-11H,1H3. The van der Waals surface area contributed by atoms with Gasteiger partial charge in [0.25, 0.3) is 10.0 Å². The minimum absolute atomic E-state index is 0.0424. The number of methoxy groups -OCH3 is 1. The van der Waals surface area contributed by atoms with E-state index in [0.717, 1.165) is 22.3 Å². The number of carbonyl (C=O) groups is 1. The summed E-state index contributed by atoms with van der Waals surface area (Å²) < 4.78 is 59.0. The molecule has 0 aliphatic carbocycles. The van der Waals surface area contributed by atoms with Crippen molar-refractivity contribution in [3.05, 3.63) is 71.9 Å². The van der Waals surface area contributed by atoms with Crippen molar-refractivity contribution in [2.45, 2.75) is 4.90 Å². The van der Waals surface area contributed by atoms with E-state index in [-0.39, 0.29) is 21.7 Å². The molecule has 0 amide bonds. The first kappa shape index (κ1) is 17.8. The van der Waals surface area contributed by atoms with Gasteiger partial charge >= 0.3 is 0 Å². The third-order valence-electron chi connectivity index (χ3n) is 3.77. The predicted molar refractivity (Wildman–Crippen MR) is 90.7 cm³/mol. The van der Waals surface area contributed by atoms with E-state index in [1.807, 2.05) is 0 Å². The molecule has 0 atom stereocenters. The second-order valence-corrected chi connectivity index (χ2v) is 7.19. The number of nitrogens with zero attached hydrogens (tertiary/aromatic N) is 1. The van der Waals surface area contributed by atoms with E-state index in [9.17, 15) is 22.0 Å². The van der Waals surface area contributed by atoms with Crippen molar-refractivity contribution in [1.82, 2.24) is 3.97 Å². The monoisotopic (exact) mass is 377 g/mol. The maximum absolute atomic E-state index is 14.2. The summed E-state index contributed by atoms with van der Waals surface area (Å²) in [5, 5.41) is 0. The molecule has 8 heteroatoms. The summed E-state index contributed by atoms with van der Waals surface area (Å²) in [5.74, 6) is -1.26. The Hall–Kier alpha value is -3.00. The Morgan fingerprint density at radius 3 is 2.31 bits per heavy atom. The largest absolute Gasteiger partial charge is 0.497 e. The van der Waals surface area contributed by atoms with Crippen molar-refractivity contribution in [2.75, 3.05) is 7.11 Å². The van der Waals surface area contributed by atoms with Crippen molar-refractivity contribution < 1.29 is 26.7 Å². The Kier molecular flexibility index (Phi) is 4.60. The minimum atomic E-state index is -4.12. The van der Waals surface area contributed by atoms with Crippen LogP contribution in [0.25, 0.3) is 11.3 Å². The van der Waals surface area contributed by atoms with Gasteiger partial charge < -0.3 is 4.74 Å². The lowest BCUT2D eigenvalue weighted by atomic mass is 10.1. The predicted octanol–water partition coefficient (Wildman–Crippen LogP) is 3.49. The van der Waals surface area contributed by atoms with E-state index in [4.69, 9.17) is 4.74 Å². The molecular formula is C18H13F2NO4S. The van der Waals surface area contributed by atoms with Crippen LogP contribution in [0.3, 0.4) is 0 Å². The molecule has 5 nitrogen and oxygen atoms in total. The van der Waals surface area contributed by atoms with E-state index < -0.39 is 21.7 Å². The van der Waals surface area contributed by atoms with Crippen molar-refractivity contribution in [3.8, 4) is 17.0 Å². The highest BCUT2D eigenvalue weighted by Crippen LogP contribution is 2.29. The van der Waals surface area contributed by atoms with Gasteiger partial charge in [0.15, 0.2) is 6.29 Å². The van der Waals surface area contributed by atoms with Crippen LogP contribution in [0, 0.1) is 11.6 Å². The molecule has 134 valence electrons. The second kappa shape index (κ2) is 6.72.